The summed E-state index contributed by atoms with van der Waals surface area (Å²) in [6.07, 6.45) is 1.14. The third kappa shape index (κ3) is 6.05. The number of amides is 1. The van der Waals surface area contributed by atoms with E-state index in [1.165, 1.54) is 10.4 Å². The van der Waals surface area contributed by atoms with Crippen molar-refractivity contribution < 1.29 is 14.0 Å². The van der Waals surface area contributed by atoms with E-state index in [9.17, 15) is 4.79 Å². The van der Waals surface area contributed by atoms with Crippen molar-refractivity contribution in [2.75, 3.05) is 6.61 Å². The van der Waals surface area contributed by atoms with Gasteiger partial charge in [0.25, 0.3) is 8.32 Å². The van der Waals surface area contributed by atoms with Crippen LogP contribution in [0.25, 0.3) is 0 Å². The molecule has 6 heteroatoms. The van der Waals surface area contributed by atoms with Gasteiger partial charge in [0.2, 0.25) is 0 Å². The highest BCUT2D eigenvalue weighted by Crippen LogP contribution is 2.38. The molecule has 1 amide bonds. The quantitative estimate of drug-likeness (QED) is 0.624. The zero-order chi connectivity index (χ0) is 24.3. The lowest BCUT2D eigenvalue weighted by Gasteiger charge is -2.43. The van der Waals surface area contributed by atoms with Gasteiger partial charge in [-0.1, -0.05) is 81.4 Å². The topological polar surface area (TPSA) is 73.6 Å². The van der Waals surface area contributed by atoms with Crippen molar-refractivity contribution in [2.24, 2.45) is 11.7 Å². The summed E-state index contributed by atoms with van der Waals surface area (Å²) < 4.78 is 12.5. The Hall–Kier alpha value is -2.15. The monoisotopic (exact) mass is 468 g/mol. The van der Waals surface area contributed by atoms with Crippen LogP contribution >= 0.6 is 0 Å². The first-order chi connectivity index (χ1) is 15.4. The normalized spacial score (nSPS) is 21.6. The highest BCUT2D eigenvalue weighted by atomic mass is 28.4. The van der Waals surface area contributed by atoms with Gasteiger partial charge in [-0.05, 0) is 54.9 Å². The lowest BCUT2D eigenvalue weighted by atomic mass is 10.1. The van der Waals surface area contributed by atoms with E-state index < -0.39 is 13.9 Å². The van der Waals surface area contributed by atoms with Gasteiger partial charge >= 0.3 is 6.09 Å². The minimum atomic E-state index is -2.60. The van der Waals surface area contributed by atoms with Crippen LogP contribution in [0.3, 0.4) is 0 Å². The molecule has 0 heterocycles. The van der Waals surface area contributed by atoms with Gasteiger partial charge in [0.1, 0.15) is 5.60 Å². The van der Waals surface area contributed by atoms with Crippen molar-refractivity contribution in [3.8, 4) is 0 Å². The van der Waals surface area contributed by atoms with Crippen molar-refractivity contribution in [1.82, 2.24) is 5.32 Å². The molecule has 0 bridgehead atoms. The summed E-state index contributed by atoms with van der Waals surface area (Å²) in [5.74, 6) is 0.173. The van der Waals surface area contributed by atoms with Gasteiger partial charge in [0, 0.05) is 18.7 Å². The number of hydrogen-bond acceptors (Lipinski definition) is 4. The smallest absolute Gasteiger partial charge is 0.407 e. The Balaban J connectivity index is 1.81. The highest BCUT2D eigenvalue weighted by Gasteiger charge is 2.51. The molecule has 3 N–H and O–H groups in total. The molecule has 0 aromatic heterocycles. The molecule has 0 saturated heterocycles. The first-order valence-corrected chi connectivity index (χ1v) is 13.8. The van der Waals surface area contributed by atoms with E-state index in [0.717, 1.165) is 12.8 Å². The average Bonchev–Trinajstić information content (AvgIpc) is 3.06. The fraction of sp³-hybridized carbons (Fsp3) is 0.519. The third-order valence-corrected chi connectivity index (χ3v) is 11.4. The SMILES string of the molecule is CC(C)(C)OC(=O)NC1C[C@H](CO[Si](c2ccccc2)(c2ccccc2)C(C)(C)C)[C@H](N)C1. The maximum atomic E-state index is 12.2. The van der Waals surface area contributed by atoms with E-state index in [2.05, 4.69) is 86.8 Å². The van der Waals surface area contributed by atoms with Crippen molar-refractivity contribution in [3.63, 3.8) is 0 Å². The molecule has 1 aliphatic rings. The maximum Gasteiger partial charge on any atom is 0.407 e. The van der Waals surface area contributed by atoms with Gasteiger partial charge in [-0.25, -0.2) is 4.79 Å². The van der Waals surface area contributed by atoms with E-state index in [-0.39, 0.29) is 29.1 Å². The summed E-state index contributed by atoms with van der Waals surface area (Å²) >= 11 is 0. The molecule has 5 nitrogen and oxygen atoms in total. The average molecular weight is 469 g/mol. The Kier molecular flexibility index (Phi) is 7.71. The molecule has 0 aliphatic heterocycles. The van der Waals surface area contributed by atoms with Gasteiger partial charge in [0.05, 0.1) is 0 Å². The van der Waals surface area contributed by atoms with Crippen LogP contribution in [0, 0.1) is 5.92 Å². The zero-order valence-electron chi connectivity index (χ0n) is 20.9. The van der Waals surface area contributed by atoms with Crippen LogP contribution in [0.4, 0.5) is 4.79 Å². The summed E-state index contributed by atoms with van der Waals surface area (Å²) in [5, 5.41) is 5.45. The summed E-state index contributed by atoms with van der Waals surface area (Å²) in [5.41, 5.74) is 6.01. The number of carbonyl (C=O) groups is 1. The second-order valence-corrected chi connectivity index (χ2v) is 15.5. The zero-order valence-corrected chi connectivity index (χ0v) is 21.9. The minimum absolute atomic E-state index is 0.00241. The van der Waals surface area contributed by atoms with E-state index in [1.54, 1.807) is 0 Å². The van der Waals surface area contributed by atoms with Crippen LogP contribution in [0.1, 0.15) is 54.4 Å². The van der Waals surface area contributed by atoms with Crippen LogP contribution < -0.4 is 21.4 Å². The number of ether oxygens (including phenoxy) is 1. The lowest BCUT2D eigenvalue weighted by Crippen LogP contribution is -2.67. The molecule has 3 atom stereocenters. The highest BCUT2D eigenvalue weighted by molar-refractivity contribution is 6.99. The number of hydrogen-bond donors (Lipinski definition) is 2. The second kappa shape index (κ2) is 10.00. The van der Waals surface area contributed by atoms with Crippen LogP contribution in [-0.4, -0.2) is 38.7 Å². The first-order valence-electron chi connectivity index (χ1n) is 11.9. The van der Waals surface area contributed by atoms with E-state index in [4.69, 9.17) is 14.9 Å². The molecular weight excluding hydrogens is 428 g/mol. The Labute approximate surface area is 200 Å². The summed E-state index contributed by atoms with van der Waals surface area (Å²) in [6.45, 7) is 13.0. The van der Waals surface area contributed by atoms with Crippen molar-refractivity contribution in [1.29, 1.82) is 0 Å². The van der Waals surface area contributed by atoms with Gasteiger partial charge in [-0.3, -0.25) is 0 Å². The molecule has 2 aromatic rings. The van der Waals surface area contributed by atoms with E-state index >= 15 is 0 Å². The number of carbonyl (C=O) groups excluding carboxylic acids is 1. The Bertz CT molecular complexity index is 867. The lowest BCUT2D eigenvalue weighted by molar-refractivity contribution is 0.0503. The van der Waals surface area contributed by atoms with Crippen LogP contribution in [0.5, 0.6) is 0 Å². The molecule has 2 aromatic carbocycles. The van der Waals surface area contributed by atoms with Gasteiger partial charge in [-0.15, -0.1) is 0 Å². The van der Waals surface area contributed by atoms with Gasteiger partial charge in [0.15, 0.2) is 0 Å². The molecule has 1 unspecified atom stereocenters. The molecule has 0 radical (unpaired) electrons. The standard InChI is InChI=1S/C27H40N2O3Si/c1-26(2,3)32-25(30)29-21-17-20(24(28)18-21)19-31-33(27(4,5)6,22-13-9-7-10-14-22)23-15-11-8-12-16-23/h7-16,20-21,24H,17-19,28H2,1-6H3,(H,29,30)/t20-,21?,24-/m1/s1. The van der Waals surface area contributed by atoms with Gasteiger partial charge in [-0.2, -0.15) is 0 Å². The second-order valence-electron chi connectivity index (χ2n) is 11.2. The molecule has 1 aliphatic carbocycles. The summed E-state index contributed by atoms with van der Waals surface area (Å²) in [4.78, 5) is 12.2. The molecule has 3 rings (SSSR count). The third-order valence-electron chi connectivity index (χ3n) is 6.40. The number of alkyl carbamates (subject to hydrolysis) is 1. The number of rotatable bonds is 6. The molecule has 0 spiro atoms. The Morgan fingerprint density at radius 2 is 1.45 bits per heavy atom. The van der Waals surface area contributed by atoms with Crippen LogP contribution in [0.15, 0.2) is 60.7 Å². The van der Waals surface area contributed by atoms with Crippen molar-refractivity contribution in [2.45, 2.75) is 77.1 Å². The summed E-state index contributed by atoms with van der Waals surface area (Å²) in [7, 11) is -2.60. The predicted molar refractivity (Wildman–Crippen MR) is 137 cm³/mol. The number of benzene rings is 2. The van der Waals surface area contributed by atoms with E-state index in [0.29, 0.717) is 6.61 Å². The van der Waals surface area contributed by atoms with Crippen molar-refractivity contribution >= 4 is 24.8 Å². The summed E-state index contributed by atoms with van der Waals surface area (Å²) in [6, 6.07) is 21.3. The molecule has 1 fully saturated rings. The fourth-order valence-electron chi connectivity index (χ4n) is 4.93. The number of nitrogens with two attached hydrogens (primary N) is 1. The maximum absolute atomic E-state index is 12.2. The van der Waals surface area contributed by atoms with Crippen LogP contribution in [-0.2, 0) is 9.16 Å². The molecule has 1 saturated carbocycles. The number of nitrogens with one attached hydrogen (secondary N) is 1. The first kappa shape index (κ1) is 25.5. The van der Waals surface area contributed by atoms with E-state index in [1.807, 2.05) is 20.8 Å². The Morgan fingerprint density at radius 3 is 1.91 bits per heavy atom. The molecule has 33 heavy (non-hydrogen) atoms. The molecule has 180 valence electrons. The Morgan fingerprint density at radius 1 is 0.939 bits per heavy atom. The van der Waals surface area contributed by atoms with Crippen LogP contribution in [0.2, 0.25) is 5.04 Å². The largest absolute Gasteiger partial charge is 0.444 e. The van der Waals surface area contributed by atoms with Crippen molar-refractivity contribution in [3.05, 3.63) is 60.7 Å². The van der Waals surface area contributed by atoms with Gasteiger partial charge < -0.3 is 20.2 Å². The fourth-order valence-corrected chi connectivity index (χ4v) is 9.55. The minimum Gasteiger partial charge on any atom is -0.444 e. The predicted octanol–water partition coefficient (Wildman–Crippen LogP) is 4.19. The molecular formula is C27H40N2O3Si.